The summed E-state index contributed by atoms with van der Waals surface area (Å²) in [5, 5.41) is 3.95. The van der Waals surface area contributed by atoms with Crippen molar-refractivity contribution in [2.45, 2.75) is 13.8 Å². The standard InChI is InChI=1S/C18H17NO2/c1-14(16-9-5-3-6-10-16)13-18(19-21-15(2)20)17-11-7-4-8-12-17/h3-13H,1-2H3/b14-13-,19-18-. The van der Waals surface area contributed by atoms with Crippen molar-refractivity contribution in [2.75, 3.05) is 0 Å². The summed E-state index contributed by atoms with van der Waals surface area (Å²) in [5.74, 6) is -0.436. The number of rotatable bonds is 4. The third-order valence-corrected chi connectivity index (χ3v) is 2.92. The number of oxime groups is 1. The number of carbonyl (C=O) groups excluding carboxylic acids is 1. The molecule has 0 aliphatic rings. The second-order valence-corrected chi connectivity index (χ2v) is 4.62. The van der Waals surface area contributed by atoms with Crippen LogP contribution in [0.15, 0.2) is 71.9 Å². The molecule has 2 rings (SSSR count). The lowest BCUT2D eigenvalue weighted by Gasteiger charge is -2.05. The highest BCUT2D eigenvalue weighted by atomic mass is 16.7. The van der Waals surface area contributed by atoms with Gasteiger partial charge in [0.15, 0.2) is 0 Å². The van der Waals surface area contributed by atoms with Crippen LogP contribution in [0.5, 0.6) is 0 Å². The van der Waals surface area contributed by atoms with Gasteiger partial charge in [0.25, 0.3) is 0 Å². The molecule has 2 aromatic rings. The molecule has 0 fully saturated rings. The Kier molecular flexibility index (Phi) is 5.04. The largest absolute Gasteiger partial charge is 0.332 e. The predicted molar refractivity (Wildman–Crippen MR) is 84.8 cm³/mol. The Morgan fingerprint density at radius 1 is 0.905 bits per heavy atom. The van der Waals surface area contributed by atoms with E-state index >= 15 is 0 Å². The van der Waals surface area contributed by atoms with Gasteiger partial charge in [0.1, 0.15) is 5.71 Å². The van der Waals surface area contributed by atoms with Gasteiger partial charge in [-0.1, -0.05) is 65.8 Å². The van der Waals surface area contributed by atoms with Crippen LogP contribution in [0.3, 0.4) is 0 Å². The Hall–Kier alpha value is -2.68. The van der Waals surface area contributed by atoms with Crippen molar-refractivity contribution in [2.24, 2.45) is 5.16 Å². The van der Waals surface area contributed by atoms with Gasteiger partial charge in [-0.3, -0.25) is 0 Å². The first-order chi connectivity index (χ1) is 10.2. The lowest BCUT2D eigenvalue weighted by atomic mass is 10.0. The Balaban J connectivity index is 2.37. The van der Waals surface area contributed by atoms with E-state index in [0.717, 1.165) is 16.7 Å². The molecular weight excluding hydrogens is 262 g/mol. The average molecular weight is 279 g/mol. The van der Waals surface area contributed by atoms with Crippen molar-refractivity contribution in [3.63, 3.8) is 0 Å². The minimum Gasteiger partial charge on any atom is -0.318 e. The van der Waals surface area contributed by atoms with Gasteiger partial charge in [0.05, 0.1) is 0 Å². The molecule has 2 aromatic carbocycles. The maximum atomic E-state index is 11.0. The van der Waals surface area contributed by atoms with Gasteiger partial charge in [-0.2, -0.15) is 0 Å². The van der Waals surface area contributed by atoms with Gasteiger partial charge in [-0.25, -0.2) is 4.79 Å². The van der Waals surface area contributed by atoms with Gasteiger partial charge in [0, 0.05) is 12.5 Å². The first-order valence-corrected chi connectivity index (χ1v) is 6.71. The zero-order chi connectivity index (χ0) is 15.1. The van der Waals surface area contributed by atoms with E-state index in [-0.39, 0.29) is 0 Å². The van der Waals surface area contributed by atoms with E-state index in [1.807, 2.05) is 73.7 Å². The number of hydrogen-bond acceptors (Lipinski definition) is 3. The summed E-state index contributed by atoms with van der Waals surface area (Å²) in [6, 6.07) is 19.6. The average Bonchev–Trinajstić information content (AvgIpc) is 2.52. The second kappa shape index (κ2) is 7.20. The summed E-state index contributed by atoms with van der Waals surface area (Å²) in [7, 11) is 0. The second-order valence-electron chi connectivity index (χ2n) is 4.62. The molecule has 0 saturated carbocycles. The molecule has 3 heteroatoms. The molecule has 21 heavy (non-hydrogen) atoms. The maximum Gasteiger partial charge on any atom is 0.332 e. The van der Waals surface area contributed by atoms with Crippen LogP contribution in [0.1, 0.15) is 25.0 Å². The topological polar surface area (TPSA) is 38.7 Å². The van der Waals surface area contributed by atoms with E-state index in [4.69, 9.17) is 4.84 Å². The highest BCUT2D eigenvalue weighted by molar-refractivity contribution is 6.12. The number of hydrogen-bond donors (Lipinski definition) is 0. The van der Waals surface area contributed by atoms with E-state index in [9.17, 15) is 4.79 Å². The van der Waals surface area contributed by atoms with Crippen LogP contribution in [0.2, 0.25) is 0 Å². The van der Waals surface area contributed by atoms with Crippen LogP contribution in [0.4, 0.5) is 0 Å². The van der Waals surface area contributed by atoms with Crippen LogP contribution in [-0.2, 0) is 9.63 Å². The summed E-state index contributed by atoms with van der Waals surface area (Å²) in [4.78, 5) is 15.8. The Bertz CT molecular complexity index is 658. The Morgan fingerprint density at radius 3 is 1.95 bits per heavy atom. The molecule has 3 nitrogen and oxygen atoms in total. The quantitative estimate of drug-likeness (QED) is 0.481. The van der Waals surface area contributed by atoms with Gasteiger partial charge < -0.3 is 4.84 Å². The fourth-order valence-corrected chi connectivity index (χ4v) is 1.87. The van der Waals surface area contributed by atoms with Gasteiger partial charge in [-0.05, 0) is 24.1 Å². The third-order valence-electron chi connectivity index (χ3n) is 2.92. The van der Waals surface area contributed by atoms with Gasteiger partial charge in [-0.15, -0.1) is 0 Å². The molecule has 0 saturated heterocycles. The molecule has 0 aliphatic heterocycles. The number of benzene rings is 2. The predicted octanol–water partition coefficient (Wildman–Crippen LogP) is 4.06. The van der Waals surface area contributed by atoms with Crippen molar-refractivity contribution in [1.29, 1.82) is 0 Å². The summed E-state index contributed by atoms with van der Waals surface area (Å²) in [5.41, 5.74) is 3.66. The zero-order valence-corrected chi connectivity index (χ0v) is 12.1. The molecule has 0 amide bonds. The van der Waals surface area contributed by atoms with Crippen molar-refractivity contribution < 1.29 is 9.63 Å². The van der Waals surface area contributed by atoms with Crippen molar-refractivity contribution in [3.8, 4) is 0 Å². The molecule has 0 aromatic heterocycles. The number of nitrogens with zero attached hydrogens (tertiary/aromatic N) is 1. The third kappa shape index (κ3) is 4.42. The van der Waals surface area contributed by atoms with Crippen LogP contribution in [0, 0.1) is 0 Å². The van der Waals surface area contributed by atoms with Crippen LogP contribution < -0.4 is 0 Å². The Labute approximate surface area is 124 Å². The maximum absolute atomic E-state index is 11.0. The fourth-order valence-electron chi connectivity index (χ4n) is 1.87. The summed E-state index contributed by atoms with van der Waals surface area (Å²) < 4.78 is 0. The summed E-state index contributed by atoms with van der Waals surface area (Å²) in [6.07, 6.45) is 1.91. The zero-order valence-electron chi connectivity index (χ0n) is 12.1. The molecule has 0 radical (unpaired) electrons. The van der Waals surface area contributed by atoms with Crippen molar-refractivity contribution in [3.05, 3.63) is 77.9 Å². The molecular formula is C18H17NO2. The summed E-state index contributed by atoms with van der Waals surface area (Å²) in [6.45, 7) is 3.33. The van der Waals surface area contributed by atoms with Crippen molar-refractivity contribution >= 4 is 17.3 Å². The summed E-state index contributed by atoms with van der Waals surface area (Å²) >= 11 is 0. The first kappa shape index (κ1) is 14.7. The lowest BCUT2D eigenvalue weighted by Crippen LogP contribution is -2.01. The van der Waals surface area contributed by atoms with E-state index in [1.165, 1.54) is 6.92 Å². The van der Waals surface area contributed by atoms with Crippen molar-refractivity contribution in [1.82, 2.24) is 0 Å². The van der Waals surface area contributed by atoms with E-state index < -0.39 is 5.97 Å². The monoisotopic (exact) mass is 279 g/mol. The van der Waals surface area contributed by atoms with Gasteiger partial charge >= 0.3 is 5.97 Å². The molecule has 0 N–H and O–H groups in total. The highest BCUT2D eigenvalue weighted by Gasteiger charge is 2.04. The Morgan fingerprint density at radius 2 is 1.43 bits per heavy atom. The molecule has 0 atom stereocenters. The van der Waals surface area contributed by atoms with Crippen LogP contribution in [-0.4, -0.2) is 11.7 Å². The lowest BCUT2D eigenvalue weighted by molar-refractivity contribution is -0.140. The highest BCUT2D eigenvalue weighted by Crippen LogP contribution is 2.15. The minimum atomic E-state index is -0.436. The SMILES string of the molecule is CC(=O)O/N=C(/C=C(/C)c1ccccc1)c1ccccc1. The smallest absolute Gasteiger partial charge is 0.318 e. The van der Waals surface area contributed by atoms with E-state index in [1.54, 1.807) is 0 Å². The normalized spacial score (nSPS) is 12.1. The molecule has 0 aliphatic carbocycles. The first-order valence-electron chi connectivity index (χ1n) is 6.71. The molecule has 0 bridgehead atoms. The molecule has 0 heterocycles. The molecule has 0 unspecified atom stereocenters. The number of allylic oxidation sites excluding steroid dienone is 2. The van der Waals surface area contributed by atoms with Crippen LogP contribution in [0.25, 0.3) is 5.57 Å². The van der Waals surface area contributed by atoms with E-state index in [0.29, 0.717) is 5.71 Å². The number of carbonyl (C=O) groups is 1. The molecule has 0 spiro atoms. The molecule has 106 valence electrons. The van der Waals surface area contributed by atoms with E-state index in [2.05, 4.69) is 5.16 Å². The van der Waals surface area contributed by atoms with Crippen LogP contribution >= 0.6 is 0 Å². The van der Waals surface area contributed by atoms with Gasteiger partial charge in [0.2, 0.25) is 0 Å². The fraction of sp³-hybridized carbons (Fsp3) is 0.111. The minimum absolute atomic E-state index is 0.436.